The number of hydrogen-bond donors (Lipinski definition) is 5. The van der Waals surface area contributed by atoms with Crippen LogP contribution in [0.3, 0.4) is 0 Å². The molecule has 198 valence electrons. The van der Waals surface area contributed by atoms with E-state index in [1.165, 1.54) is 19.3 Å². The summed E-state index contributed by atoms with van der Waals surface area (Å²) in [5.41, 5.74) is 2.44. The second kappa shape index (κ2) is 8.87. The molecule has 10 heteroatoms. The Morgan fingerprint density at radius 3 is 2.65 bits per heavy atom. The molecule has 0 spiro atoms. The Morgan fingerprint density at radius 2 is 1.89 bits per heavy atom. The van der Waals surface area contributed by atoms with Crippen LogP contribution in [-0.2, 0) is 16.1 Å². The second-order valence-electron chi connectivity index (χ2n) is 12.0. The molecule has 5 fully saturated rings. The molecular formula is C27H37N7O3. The number of piperidine rings is 1. The Kier molecular flexibility index (Phi) is 5.58. The maximum absolute atomic E-state index is 12.9. The summed E-state index contributed by atoms with van der Waals surface area (Å²) in [6, 6.07) is 2.23. The number of H-pyrrole nitrogens is 1. The van der Waals surface area contributed by atoms with Crippen LogP contribution >= 0.6 is 0 Å². The van der Waals surface area contributed by atoms with Crippen LogP contribution in [0.5, 0.6) is 0 Å². The molecule has 1 saturated heterocycles. The van der Waals surface area contributed by atoms with Crippen LogP contribution in [0.25, 0.3) is 11.3 Å². The minimum atomic E-state index is -0.676. The van der Waals surface area contributed by atoms with Crippen molar-refractivity contribution in [1.29, 1.82) is 0 Å². The molecule has 4 aliphatic carbocycles. The van der Waals surface area contributed by atoms with Crippen LogP contribution in [0, 0.1) is 17.8 Å². The maximum atomic E-state index is 12.9. The first-order valence-corrected chi connectivity index (χ1v) is 14.0. The zero-order valence-electron chi connectivity index (χ0n) is 21.3. The Hall–Kier alpha value is -2.85. The van der Waals surface area contributed by atoms with Crippen molar-refractivity contribution in [2.24, 2.45) is 17.8 Å². The van der Waals surface area contributed by atoms with Crippen molar-refractivity contribution in [3.63, 3.8) is 0 Å². The number of rotatable bonds is 5. The normalized spacial score (nSPS) is 31.9. The molecule has 5 N–H and O–H groups in total. The van der Waals surface area contributed by atoms with E-state index >= 15 is 0 Å². The molecule has 4 heterocycles. The molecule has 3 unspecified atom stereocenters. The van der Waals surface area contributed by atoms with Gasteiger partial charge in [-0.05, 0) is 81.9 Å². The Morgan fingerprint density at radius 1 is 1.11 bits per heavy atom. The second-order valence-corrected chi connectivity index (χ2v) is 12.0. The summed E-state index contributed by atoms with van der Waals surface area (Å²) in [4.78, 5) is 31.1. The van der Waals surface area contributed by atoms with Gasteiger partial charge in [0.25, 0.3) is 0 Å². The lowest BCUT2D eigenvalue weighted by Gasteiger charge is -2.58. The van der Waals surface area contributed by atoms with Gasteiger partial charge in [-0.25, -0.2) is 0 Å². The summed E-state index contributed by atoms with van der Waals surface area (Å²) in [6.45, 7) is 3.86. The SMILES string of the molecule is O=C(NCCN1CCCCC1)C(=O)Nc1nn(C2[C@@H]3CC4C[C@H]2CC(O)(C4)C3)c2c1CNc1[nH]ccc1-2. The van der Waals surface area contributed by atoms with Gasteiger partial charge in [0.2, 0.25) is 0 Å². The first-order valence-electron chi connectivity index (χ1n) is 14.0. The number of aliphatic hydroxyl groups is 1. The van der Waals surface area contributed by atoms with Crippen LogP contribution in [0.2, 0.25) is 0 Å². The molecule has 0 radical (unpaired) electrons. The van der Waals surface area contributed by atoms with E-state index in [9.17, 15) is 14.7 Å². The summed E-state index contributed by atoms with van der Waals surface area (Å²) in [7, 11) is 0. The van der Waals surface area contributed by atoms with Crippen LogP contribution in [0.4, 0.5) is 11.6 Å². The number of carbonyl (C=O) groups excluding carboxylic acids is 2. The van der Waals surface area contributed by atoms with Crippen molar-refractivity contribution in [3.8, 4) is 11.3 Å². The fraction of sp³-hybridized carbons (Fsp3) is 0.667. The van der Waals surface area contributed by atoms with Gasteiger partial charge >= 0.3 is 11.8 Å². The summed E-state index contributed by atoms with van der Waals surface area (Å²) < 4.78 is 2.13. The number of amides is 2. The summed E-state index contributed by atoms with van der Waals surface area (Å²) in [6.07, 6.45) is 10.4. The number of carbonyl (C=O) groups is 2. The predicted molar refractivity (Wildman–Crippen MR) is 139 cm³/mol. The molecule has 4 saturated carbocycles. The Bertz CT molecular complexity index is 1200. The number of nitrogens with one attached hydrogen (secondary N) is 4. The molecule has 4 bridgehead atoms. The molecule has 2 aromatic rings. The van der Waals surface area contributed by atoms with Gasteiger partial charge in [0.05, 0.1) is 17.3 Å². The molecule has 5 atom stereocenters. The predicted octanol–water partition coefficient (Wildman–Crippen LogP) is 2.46. The van der Waals surface area contributed by atoms with E-state index in [2.05, 4.69) is 30.5 Å². The van der Waals surface area contributed by atoms with Gasteiger partial charge in [-0.3, -0.25) is 14.3 Å². The first-order chi connectivity index (χ1) is 18.0. The highest BCUT2D eigenvalue weighted by Crippen LogP contribution is 2.60. The third kappa shape index (κ3) is 4.05. The van der Waals surface area contributed by atoms with Gasteiger partial charge in [-0.1, -0.05) is 6.42 Å². The zero-order chi connectivity index (χ0) is 25.1. The number of aromatic nitrogens is 3. The lowest BCUT2D eigenvalue weighted by atomic mass is 9.52. The Labute approximate surface area is 216 Å². The maximum Gasteiger partial charge on any atom is 0.314 e. The largest absolute Gasteiger partial charge is 0.390 e. The fourth-order valence-corrected chi connectivity index (χ4v) is 8.24. The van der Waals surface area contributed by atoms with Crippen molar-refractivity contribution in [2.75, 3.05) is 36.8 Å². The van der Waals surface area contributed by atoms with E-state index in [0.29, 0.717) is 36.7 Å². The molecule has 0 aromatic carbocycles. The van der Waals surface area contributed by atoms with Crippen LogP contribution in [0.1, 0.15) is 63.0 Å². The van der Waals surface area contributed by atoms with Gasteiger partial charge in [0.1, 0.15) is 5.82 Å². The number of fused-ring (bicyclic) bond motifs is 3. The standard InChI is InChI=1S/C27H37N7O3/c35-25(29-6-9-33-7-2-1-3-8-33)26(36)31-24-20-15-30-23-19(4-5-28-23)22(20)34(32-24)21-17-10-16-11-18(21)14-27(37,12-16)13-17/h4-5,16-18,21,28,30,37H,1-3,6-15H2,(H,29,35)(H,31,32,36)/t16?,17-,18+,21?,27?. The number of nitrogens with zero attached hydrogens (tertiary/aromatic N) is 3. The molecule has 8 rings (SSSR count). The third-order valence-corrected chi connectivity index (χ3v) is 9.53. The van der Waals surface area contributed by atoms with Crippen LogP contribution in [0.15, 0.2) is 12.3 Å². The molecule has 6 aliphatic rings. The highest BCUT2D eigenvalue weighted by atomic mass is 16.3. The van der Waals surface area contributed by atoms with E-state index in [1.807, 2.05) is 12.3 Å². The molecule has 2 amide bonds. The van der Waals surface area contributed by atoms with E-state index < -0.39 is 17.4 Å². The summed E-state index contributed by atoms with van der Waals surface area (Å²) in [5, 5.41) is 25.1. The smallest absolute Gasteiger partial charge is 0.314 e. The summed E-state index contributed by atoms with van der Waals surface area (Å²) >= 11 is 0. The van der Waals surface area contributed by atoms with E-state index in [-0.39, 0.29) is 6.04 Å². The van der Waals surface area contributed by atoms with Crippen molar-refractivity contribution in [1.82, 2.24) is 25.0 Å². The quantitative estimate of drug-likeness (QED) is 0.396. The van der Waals surface area contributed by atoms with Gasteiger partial charge in [-0.2, -0.15) is 5.10 Å². The Balaban J connectivity index is 1.13. The van der Waals surface area contributed by atoms with Gasteiger partial charge in [0.15, 0.2) is 5.82 Å². The average molecular weight is 508 g/mol. The fourth-order valence-electron chi connectivity index (χ4n) is 8.24. The minimum absolute atomic E-state index is 0.190. The number of aromatic amines is 1. The lowest BCUT2D eigenvalue weighted by molar-refractivity contribution is -0.148. The monoisotopic (exact) mass is 507 g/mol. The average Bonchev–Trinajstić information content (AvgIpc) is 3.48. The topological polar surface area (TPSA) is 127 Å². The highest BCUT2D eigenvalue weighted by Gasteiger charge is 2.56. The van der Waals surface area contributed by atoms with Crippen molar-refractivity contribution < 1.29 is 14.7 Å². The number of hydrogen-bond acceptors (Lipinski definition) is 6. The van der Waals surface area contributed by atoms with Crippen LogP contribution < -0.4 is 16.0 Å². The molecule has 2 aliphatic heterocycles. The first kappa shape index (κ1) is 23.3. The molecule has 37 heavy (non-hydrogen) atoms. The highest BCUT2D eigenvalue weighted by molar-refractivity contribution is 6.39. The van der Waals surface area contributed by atoms with E-state index in [4.69, 9.17) is 5.10 Å². The van der Waals surface area contributed by atoms with Gasteiger partial charge < -0.3 is 30.9 Å². The molecular weight excluding hydrogens is 470 g/mol. The molecule has 10 nitrogen and oxygen atoms in total. The van der Waals surface area contributed by atoms with E-state index in [0.717, 1.165) is 74.4 Å². The van der Waals surface area contributed by atoms with E-state index in [1.54, 1.807) is 0 Å². The lowest BCUT2D eigenvalue weighted by Crippen LogP contribution is -2.55. The van der Waals surface area contributed by atoms with Crippen LogP contribution in [-0.4, -0.2) is 68.4 Å². The third-order valence-electron chi connectivity index (χ3n) is 9.53. The number of likely N-dealkylation sites (tertiary alicyclic amines) is 1. The van der Waals surface area contributed by atoms with Gasteiger partial charge in [0, 0.05) is 37.0 Å². The molecule has 2 aromatic heterocycles. The number of anilines is 2. The minimum Gasteiger partial charge on any atom is -0.390 e. The zero-order valence-corrected chi connectivity index (χ0v) is 21.3. The van der Waals surface area contributed by atoms with Crippen molar-refractivity contribution >= 4 is 23.5 Å². The van der Waals surface area contributed by atoms with Crippen molar-refractivity contribution in [3.05, 3.63) is 17.8 Å². The van der Waals surface area contributed by atoms with Crippen molar-refractivity contribution in [2.45, 2.75) is 69.6 Å². The van der Waals surface area contributed by atoms with Gasteiger partial charge in [-0.15, -0.1) is 0 Å². The summed E-state index contributed by atoms with van der Waals surface area (Å²) in [5.74, 6) is 1.46.